The molecule has 1 atom stereocenters. The number of hydrogen-bond acceptors (Lipinski definition) is 3. The maximum atomic E-state index is 13.0. The van der Waals surface area contributed by atoms with Gasteiger partial charge in [-0.15, -0.1) is 18.3 Å². The summed E-state index contributed by atoms with van der Waals surface area (Å²) in [6, 6.07) is 24.0. The van der Waals surface area contributed by atoms with Crippen molar-refractivity contribution in [1.29, 1.82) is 0 Å². The van der Waals surface area contributed by atoms with E-state index in [1.165, 1.54) is 6.21 Å². The number of nitrogens with zero attached hydrogens (tertiary/aromatic N) is 1. The number of aryl methyl sites for hydroxylation is 1. The summed E-state index contributed by atoms with van der Waals surface area (Å²) in [5.74, 6) is 0. The molecule has 0 bridgehead atoms. The molecule has 0 spiro atoms. The van der Waals surface area contributed by atoms with Gasteiger partial charge in [0.2, 0.25) is 0 Å². The second kappa shape index (κ2) is 9.86. The van der Waals surface area contributed by atoms with Crippen LogP contribution in [0.4, 0.5) is 0 Å². The van der Waals surface area contributed by atoms with Crippen LogP contribution in [0.3, 0.4) is 0 Å². The fourth-order valence-electron chi connectivity index (χ4n) is 3.15. The first-order valence-electron chi connectivity index (χ1n) is 9.73. The lowest BCUT2D eigenvalue weighted by molar-refractivity contribution is 0.597. The number of halogens is 1. The van der Waals surface area contributed by atoms with Gasteiger partial charge >= 0.3 is 0 Å². The smallest absolute Gasteiger partial charge is 0.199 e. The van der Waals surface area contributed by atoms with Crippen molar-refractivity contribution in [2.24, 2.45) is 4.40 Å². The zero-order valence-corrected chi connectivity index (χ0v) is 19.8. The Hall–Kier alpha value is -2.34. The van der Waals surface area contributed by atoms with Crippen molar-refractivity contribution in [3.8, 4) is 0 Å². The molecule has 0 aromatic heterocycles. The molecule has 3 aromatic rings. The first-order valence-corrected chi connectivity index (χ1v) is 12.4. The summed E-state index contributed by atoms with van der Waals surface area (Å²) in [5, 5.41) is 0.613. The lowest BCUT2D eigenvalue weighted by Crippen LogP contribution is -2.25. The van der Waals surface area contributed by atoms with Crippen LogP contribution in [-0.2, 0) is 14.8 Å². The molecule has 0 aliphatic rings. The van der Waals surface area contributed by atoms with Gasteiger partial charge < -0.3 is 0 Å². The Balaban J connectivity index is 2.12. The number of sulfonamides is 1. The fraction of sp³-hybridized carbons (Fsp3) is 0.160. The van der Waals surface area contributed by atoms with E-state index in [-0.39, 0.29) is 4.90 Å². The third-order valence-electron chi connectivity index (χ3n) is 4.66. The monoisotopic (exact) mass is 469 g/mol. The molecule has 160 valence electrons. The Kier molecular flexibility index (Phi) is 7.42. The summed E-state index contributed by atoms with van der Waals surface area (Å²) < 4.78 is 29.3. The van der Waals surface area contributed by atoms with Crippen LogP contribution in [0.15, 0.2) is 105 Å². The lowest BCUT2D eigenvalue weighted by atomic mass is 9.93. The van der Waals surface area contributed by atoms with Crippen LogP contribution in [0, 0.1) is 6.92 Å². The van der Waals surface area contributed by atoms with Crippen molar-refractivity contribution in [2.75, 3.05) is 0 Å². The summed E-state index contributed by atoms with van der Waals surface area (Å²) in [6.45, 7) is 7.93. The first-order chi connectivity index (χ1) is 14.7. The van der Waals surface area contributed by atoms with Crippen molar-refractivity contribution in [3.05, 3.63) is 107 Å². The largest absolute Gasteiger partial charge is 0.282 e. The number of allylic oxidation sites excluding steroid dienone is 1. The fourth-order valence-corrected chi connectivity index (χ4v) is 5.65. The molecule has 0 fully saturated rings. The number of rotatable bonds is 8. The van der Waals surface area contributed by atoms with Crippen LogP contribution in [0.1, 0.15) is 24.5 Å². The lowest BCUT2D eigenvalue weighted by Gasteiger charge is -2.30. The first kappa shape index (κ1) is 23.3. The van der Waals surface area contributed by atoms with Crippen molar-refractivity contribution >= 4 is 39.6 Å². The van der Waals surface area contributed by atoms with Crippen LogP contribution in [0.25, 0.3) is 0 Å². The average molecular weight is 470 g/mol. The van der Waals surface area contributed by atoms with Crippen LogP contribution in [0.5, 0.6) is 0 Å². The van der Waals surface area contributed by atoms with Gasteiger partial charge in [0.25, 0.3) is 10.0 Å². The zero-order chi connectivity index (χ0) is 22.5. The Morgan fingerprint density at radius 1 is 1.03 bits per heavy atom. The van der Waals surface area contributed by atoms with E-state index >= 15 is 0 Å². The Labute approximate surface area is 193 Å². The maximum Gasteiger partial charge on any atom is 0.282 e. The topological polar surface area (TPSA) is 46.5 Å². The predicted molar refractivity (Wildman–Crippen MR) is 132 cm³/mol. The van der Waals surface area contributed by atoms with Gasteiger partial charge in [0.1, 0.15) is 0 Å². The van der Waals surface area contributed by atoms with Crippen molar-refractivity contribution < 1.29 is 8.42 Å². The second-order valence-electron chi connectivity index (χ2n) is 7.47. The quantitative estimate of drug-likeness (QED) is 0.201. The predicted octanol–water partition coefficient (Wildman–Crippen LogP) is 7.06. The van der Waals surface area contributed by atoms with E-state index in [1.807, 2.05) is 56.3 Å². The third-order valence-corrected chi connectivity index (χ3v) is 7.52. The molecule has 0 radical (unpaired) electrons. The van der Waals surface area contributed by atoms with Gasteiger partial charge in [0.05, 0.1) is 9.64 Å². The molecule has 0 N–H and O–H groups in total. The van der Waals surface area contributed by atoms with Gasteiger partial charge in [-0.05, 0) is 62.2 Å². The van der Waals surface area contributed by atoms with Gasteiger partial charge in [-0.2, -0.15) is 12.8 Å². The number of thioether (sulfide) groups is 1. The Bertz CT molecular complexity index is 1170. The summed E-state index contributed by atoms with van der Waals surface area (Å²) in [7, 11) is -3.85. The highest BCUT2D eigenvalue weighted by atomic mass is 35.5. The van der Waals surface area contributed by atoms with Gasteiger partial charge in [-0.25, -0.2) is 0 Å². The molecular weight excluding hydrogens is 446 g/mol. The van der Waals surface area contributed by atoms with E-state index < -0.39 is 14.8 Å². The highest BCUT2D eigenvalue weighted by Crippen LogP contribution is 2.45. The van der Waals surface area contributed by atoms with Crippen LogP contribution in [0.2, 0.25) is 5.02 Å². The van der Waals surface area contributed by atoms with Crippen molar-refractivity contribution in [2.45, 2.75) is 34.8 Å². The Morgan fingerprint density at radius 2 is 1.65 bits per heavy atom. The van der Waals surface area contributed by atoms with E-state index in [4.69, 9.17) is 11.6 Å². The molecule has 0 aliphatic heterocycles. The molecule has 0 saturated heterocycles. The third kappa shape index (κ3) is 6.10. The minimum absolute atomic E-state index is 0.166. The maximum absolute atomic E-state index is 13.0. The summed E-state index contributed by atoms with van der Waals surface area (Å²) >= 11 is 7.66. The molecule has 0 aliphatic carbocycles. The summed E-state index contributed by atoms with van der Waals surface area (Å²) in [4.78, 5) is 1.16. The molecule has 6 heteroatoms. The standard InChI is InChI=1S/C25H24ClNO2S2/c1-19(2)17-25(21-11-13-22(26)14-12-21,30-23-7-5-4-6-8-23)18-27-31(28,29)24-15-9-20(3)10-16-24/h4-16,18H,1,17H2,2-3H3/b27-18+. The van der Waals surface area contributed by atoms with E-state index in [0.29, 0.717) is 11.4 Å². The van der Waals surface area contributed by atoms with Gasteiger partial charge in [-0.3, -0.25) is 0 Å². The van der Waals surface area contributed by atoms with Crippen LogP contribution in [-0.4, -0.2) is 14.6 Å². The van der Waals surface area contributed by atoms with Crippen molar-refractivity contribution in [1.82, 2.24) is 0 Å². The van der Waals surface area contributed by atoms with E-state index in [9.17, 15) is 8.42 Å². The van der Waals surface area contributed by atoms with E-state index in [0.717, 1.165) is 21.6 Å². The van der Waals surface area contributed by atoms with E-state index in [1.54, 1.807) is 48.2 Å². The van der Waals surface area contributed by atoms with Gasteiger partial charge in [-0.1, -0.05) is 65.2 Å². The van der Waals surface area contributed by atoms with Crippen LogP contribution >= 0.6 is 23.4 Å². The van der Waals surface area contributed by atoms with E-state index in [2.05, 4.69) is 11.0 Å². The molecule has 3 aromatic carbocycles. The molecular formula is C25H24ClNO2S2. The zero-order valence-electron chi connectivity index (χ0n) is 17.5. The molecule has 31 heavy (non-hydrogen) atoms. The highest BCUT2D eigenvalue weighted by molar-refractivity contribution is 8.01. The molecule has 3 rings (SSSR count). The SMILES string of the molecule is C=C(C)CC(/C=N/S(=O)(=O)c1ccc(C)cc1)(Sc1ccccc1)c1ccc(Cl)cc1. The summed E-state index contributed by atoms with van der Waals surface area (Å²) in [6.07, 6.45) is 2.05. The number of hydrogen-bond donors (Lipinski definition) is 0. The van der Waals surface area contributed by atoms with Crippen molar-refractivity contribution in [3.63, 3.8) is 0 Å². The number of benzene rings is 3. The van der Waals surface area contributed by atoms with Gasteiger partial charge in [0, 0.05) is 16.1 Å². The Morgan fingerprint density at radius 3 is 2.23 bits per heavy atom. The molecule has 0 heterocycles. The minimum Gasteiger partial charge on any atom is -0.199 e. The molecule has 3 nitrogen and oxygen atoms in total. The van der Waals surface area contributed by atoms with Crippen LogP contribution < -0.4 is 0 Å². The molecule has 0 amide bonds. The average Bonchev–Trinajstić information content (AvgIpc) is 2.73. The highest BCUT2D eigenvalue weighted by Gasteiger charge is 2.33. The molecule has 1 unspecified atom stereocenters. The second-order valence-corrected chi connectivity index (χ2v) is 10.9. The van der Waals surface area contributed by atoms with Gasteiger partial charge in [0.15, 0.2) is 0 Å². The normalized spacial score (nSPS) is 13.8. The minimum atomic E-state index is -3.85. The summed E-state index contributed by atoms with van der Waals surface area (Å²) in [5.41, 5.74) is 2.80. The molecule has 0 saturated carbocycles.